The Bertz CT molecular complexity index is 811. The summed E-state index contributed by atoms with van der Waals surface area (Å²) in [6, 6.07) is 27.6. The monoisotopic (exact) mass is 308 g/mol. The standard InChI is InChI=1S/C24H20/c1-3-11-19(4-2)22-16-23(20-12-7-5-8-13-20)18-24(17-22)21-14-9-6-10-15-21/h3-18H,1-2H2/b19-11+. The van der Waals surface area contributed by atoms with Crippen molar-refractivity contribution in [2.24, 2.45) is 0 Å². The summed E-state index contributed by atoms with van der Waals surface area (Å²) in [6.45, 7) is 7.76. The lowest BCUT2D eigenvalue weighted by molar-refractivity contribution is 1.55. The largest absolute Gasteiger partial charge is 0.0990 e. The molecule has 0 fully saturated rings. The molecular formula is C24H20. The van der Waals surface area contributed by atoms with E-state index in [1.54, 1.807) is 6.08 Å². The molecule has 0 aliphatic heterocycles. The van der Waals surface area contributed by atoms with Crippen LogP contribution in [0, 0.1) is 0 Å². The van der Waals surface area contributed by atoms with Gasteiger partial charge in [-0.05, 0) is 51.6 Å². The maximum Gasteiger partial charge on any atom is -0.0172 e. The van der Waals surface area contributed by atoms with Crippen molar-refractivity contribution < 1.29 is 0 Å². The fourth-order valence-corrected chi connectivity index (χ4v) is 2.80. The summed E-state index contributed by atoms with van der Waals surface area (Å²) in [5, 5.41) is 0. The Morgan fingerprint density at radius 1 is 0.625 bits per heavy atom. The minimum Gasteiger partial charge on any atom is -0.0990 e. The van der Waals surface area contributed by atoms with Gasteiger partial charge in [-0.3, -0.25) is 0 Å². The molecule has 0 amide bonds. The smallest absolute Gasteiger partial charge is 0.0172 e. The number of allylic oxidation sites excluding steroid dienone is 4. The van der Waals surface area contributed by atoms with E-state index in [2.05, 4.69) is 79.9 Å². The quantitative estimate of drug-likeness (QED) is 0.456. The Kier molecular flexibility index (Phi) is 4.88. The summed E-state index contributed by atoms with van der Waals surface area (Å²) in [6.07, 6.45) is 5.67. The van der Waals surface area contributed by atoms with Gasteiger partial charge in [0.2, 0.25) is 0 Å². The Morgan fingerprint density at radius 3 is 1.54 bits per heavy atom. The molecule has 0 N–H and O–H groups in total. The first-order valence-electron chi connectivity index (χ1n) is 8.03. The van der Waals surface area contributed by atoms with Crippen molar-refractivity contribution in [2.75, 3.05) is 0 Å². The van der Waals surface area contributed by atoms with Crippen LogP contribution in [-0.2, 0) is 0 Å². The van der Waals surface area contributed by atoms with Gasteiger partial charge in [0, 0.05) is 0 Å². The van der Waals surface area contributed by atoms with E-state index >= 15 is 0 Å². The molecule has 24 heavy (non-hydrogen) atoms. The molecule has 3 rings (SSSR count). The first kappa shape index (κ1) is 15.8. The summed E-state index contributed by atoms with van der Waals surface area (Å²) in [5.74, 6) is 0. The van der Waals surface area contributed by atoms with E-state index in [1.807, 2.05) is 24.3 Å². The first-order chi connectivity index (χ1) is 11.8. The van der Waals surface area contributed by atoms with E-state index in [-0.39, 0.29) is 0 Å². The topological polar surface area (TPSA) is 0 Å². The molecule has 3 aromatic rings. The number of hydrogen-bond acceptors (Lipinski definition) is 0. The number of benzene rings is 3. The van der Waals surface area contributed by atoms with Crippen molar-refractivity contribution in [3.05, 3.63) is 116 Å². The predicted molar refractivity (Wildman–Crippen MR) is 106 cm³/mol. The van der Waals surface area contributed by atoms with Gasteiger partial charge < -0.3 is 0 Å². The highest BCUT2D eigenvalue weighted by atomic mass is 14.1. The van der Waals surface area contributed by atoms with Crippen LogP contribution in [-0.4, -0.2) is 0 Å². The summed E-state index contributed by atoms with van der Waals surface area (Å²) < 4.78 is 0. The Hall–Kier alpha value is -3.12. The molecule has 0 unspecified atom stereocenters. The molecule has 0 bridgehead atoms. The van der Waals surface area contributed by atoms with Gasteiger partial charge in [0.25, 0.3) is 0 Å². The summed E-state index contributed by atoms with van der Waals surface area (Å²) in [4.78, 5) is 0. The van der Waals surface area contributed by atoms with Gasteiger partial charge in [0.1, 0.15) is 0 Å². The van der Waals surface area contributed by atoms with Gasteiger partial charge in [-0.1, -0.05) is 92.0 Å². The van der Waals surface area contributed by atoms with E-state index in [9.17, 15) is 0 Å². The molecule has 0 saturated heterocycles. The first-order valence-corrected chi connectivity index (χ1v) is 8.03. The minimum absolute atomic E-state index is 1.07. The van der Waals surface area contributed by atoms with E-state index in [1.165, 1.54) is 22.3 Å². The van der Waals surface area contributed by atoms with Crippen molar-refractivity contribution in [1.82, 2.24) is 0 Å². The fourth-order valence-electron chi connectivity index (χ4n) is 2.80. The molecule has 0 spiro atoms. The van der Waals surface area contributed by atoms with Crippen LogP contribution in [0.4, 0.5) is 0 Å². The van der Waals surface area contributed by atoms with E-state index in [0.29, 0.717) is 0 Å². The van der Waals surface area contributed by atoms with Gasteiger partial charge in [-0.25, -0.2) is 0 Å². The van der Waals surface area contributed by atoms with E-state index < -0.39 is 0 Å². The molecule has 3 aromatic carbocycles. The summed E-state index contributed by atoms with van der Waals surface area (Å²) >= 11 is 0. The molecule has 0 nitrogen and oxygen atoms in total. The van der Waals surface area contributed by atoms with Crippen LogP contribution >= 0.6 is 0 Å². The molecule has 0 heteroatoms. The highest BCUT2D eigenvalue weighted by Crippen LogP contribution is 2.31. The molecule has 0 aromatic heterocycles. The van der Waals surface area contributed by atoms with Crippen molar-refractivity contribution >= 4 is 5.57 Å². The Balaban J connectivity index is 2.21. The molecule has 0 atom stereocenters. The zero-order valence-electron chi connectivity index (χ0n) is 13.7. The van der Waals surface area contributed by atoms with Gasteiger partial charge in [0.15, 0.2) is 0 Å². The maximum absolute atomic E-state index is 3.94. The van der Waals surface area contributed by atoms with Crippen molar-refractivity contribution in [3.63, 3.8) is 0 Å². The van der Waals surface area contributed by atoms with Crippen LogP contribution < -0.4 is 0 Å². The molecule has 0 aliphatic carbocycles. The van der Waals surface area contributed by atoms with Gasteiger partial charge >= 0.3 is 0 Å². The van der Waals surface area contributed by atoms with Crippen LogP contribution in [0.1, 0.15) is 5.56 Å². The normalized spacial score (nSPS) is 11.1. The molecule has 0 aliphatic rings. The maximum atomic E-state index is 3.94. The van der Waals surface area contributed by atoms with E-state index in [4.69, 9.17) is 0 Å². The van der Waals surface area contributed by atoms with Crippen LogP contribution in [0.3, 0.4) is 0 Å². The van der Waals surface area contributed by atoms with Crippen LogP contribution in [0.5, 0.6) is 0 Å². The second kappa shape index (κ2) is 7.43. The Labute approximate surface area is 144 Å². The summed E-state index contributed by atoms with van der Waals surface area (Å²) in [7, 11) is 0. The number of hydrogen-bond donors (Lipinski definition) is 0. The van der Waals surface area contributed by atoms with Crippen molar-refractivity contribution in [3.8, 4) is 22.3 Å². The lowest BCUT2D eigenvalue weighted by atomic mass is 9.93. The summed E-state index contributed by atoms with van der Waals surface area (Å²) in [5.41, 5.74) is 7.02. The van der Waals surface area contributed by atoms with Crippen LogP contribution in [0.2, 0.25) is 0 Å². The van der Waals surface area contributed by atoms with E-state index in [0.717, 1.165) is 11.1 Å². The molecular weight excluding hydrogens is 288 g/mol. The molecule has 116 valence electrons. The molecule has 0 heterocycles. The lowest BCUT2D eigenvalue weighted by Crippen LogP contribution is -1.88. The minimum atomic E-state index is 1.07. The third kappa shape index (κ3) is 3.44. The van der Waals surface area contributed by atoms with Crippen LogP contribution in [0.25, 0.3) is 27.8 Å². The third-order valence-electron chi connectivity index (χ3n) is 4.00. The fraction of sp³-hybridized carbons (Fsp3) is 0. The van der Waals surface area contributed by atoms with Gasteiger partial charge in [-0.2, -0.15) is 0 Å². The SMILES string of the molecule is C=C/C=C(\C=C)c1cc(-c2ccccc2)cc(-c2ccccc2)c1. The molecule has 0 radical (unpaired) electrons. The van der Waals surface area contributed by atoms with Crippen LogP contribution in [0.15, 0.2) is 110 Å². The average molecular weight is 308 g/mol. The van der Waals surface area contributed by atoms with Crippen molar-refractivity contribution in [1.29, 1.82) is 0 Å². The van der Waals surface area contributed by atoms with Gasteiger partial charge in [-0.15, -0.1) is 0 Å². The highest BCUT2D eigenvalue weighted by molar-refractivity contribution is 5.83. The highest BCUT2D eigenvalue weighted by Gasteiger charge is 2.07. The Morgan fingerprint density at radius 2 is 1.12 bits per heavy atom. The predicted octanol–water partition coefficient (Wildman–Crippen LogP) is 6.78. The zero-order valence-corrected chi connectivity index (χ0v) is 13.7. The van der Waals surface area contributed by atoms with Crippen molar-refractivity contribution in [2.45, 2.75) is 0 Å². The average Bonchev–Trinajstić information content (AvgIpc) is 2.67. The zero-order chi connectivity index (χ0) is 16.8. The lowest BCUT2D eigenvalue weighted by Gasteiger charge is -2.11. The van der Waals surface area contributed by atoms with Gasteiger partial charge in [0.05, 0.1) is 0 Å². The third-order valence-corrected chi connectivity index (χ3v) is 4.00. The second-order valence-corrected chi connectivity index (χ2v) is 5.59. The second-order valence-electron chi connectivity index (χ2n) is 5.59. The molecule has 0 saturated carbocycles. The number of rotatable bonds is 5.